The van der Waals surface area contributed by atoms with Crippen LogP contribution in [-0.2, 0) is 13.0 Å². The summed E-state index contributed by atoms with van der Waals surface area (Å²) < 4.78 is 5.65. The fourth-order valence-corrected chi connectivity index (χ4v) is 3.09. The third-order valence-electron chi connectivity index (χ3n) is 4.30. The van der Waals surface area contributed by atoms with Gasteiger partial charge in [-0.3, -0.25) is 9.78 Å². The molecule has 0 saturated carbocycles. The zero-order valence-corrected chi connectivity index (χ0v) is 15.6. The summed E-state index contributed by atoms with van der Waals surface area (Å²) in [5.74, 6) is 0.643. The molecule has 0 fully saturated rings. The molecule has 0 bridgehead atoms. The van der Waals surface area contributed by atoms with Gasteiger partial charge in [0.1, 0.15) is 11.4 Å². The number of nitrogens with one attached hydrogen (secondary N) is 1. The minimum Gasteiger partial charge on any atom is -0.453 e. The number of Topliss-reactive ketones (excluding diaryl/α,β-unsaturated/α-hetero) is 1. The van der Waals surface area contributed by atoms with Crippen LogP contribution in [0.4, 0.5) is 11.5 Å². The summed E-state index contributed by atoms with van der Waals surface area (Å²) in [5, 5.41) is 4.61. The third-order valence-corrected chi connectivity index (χ3v) is 4.53. The van der Waals surface area contributed by atoms with E-state index in [0.29, 0.717) is 28.7 Å². The number of rotatable bonds is 6. The van der Waals surface area contributed by atoms with E-state index >= 15 is 0 Å². The number of carbonyl (C=O) groups is 1. The zero-order valence-electron chi connectivity index (χ0n) is 14.9. The smallest absolute Gasteiger partial charge is 0.202 e. The van der Waals surface area contributed by atoms with Crippen LogP contribution in [0.3, 0.4) is 0 Å². The van der Waals surface area contributed by atoms with E-state index in [0.717, 1.165) is 22.3 Å². The second kappa shape index (κ2) is 7.70. The van der Waals surface area contributed by atoms with Crippen molar-refractivity contribution in [2.24, 2.45) is 0 Å². The number of ketones is 1. The number of nitrogen functional groups attached to an aromatic ring is 1. The first-order valence-electron chi connectivity index (χ1n) is 8.69. The Balaban J connectivity index is 1.46. The molecule has 4 rings (SSSR count). The average Bonchev–Trinajstić information content (AvgIpc) is 3.11. The molecule has 7 heteroatoms. The van der Waals surface area contributed by atoms with Crippen molar-refractivity contribution >= 4 is 39.9 Å². The van der Waals surface area contributed by atoms with E-state index in [2.05, 4.69) is 15.3 Å². The molecule has 0 unspecified atom stereocenters. The van der Waals surface area contributed by atoms with Crippen molar-refractivity contribution in [1.82, 2.24) is 9.97 Å². The minimum atomic E-state index is -0.103. The molecule has 1 aromatic carbocycles. The molecule has 0 atom stereocenters. The Bertz CT molecular complexity index is 1160. The predicted octanol–water partition coefficient (Wildman–Crippen LogP) is 4.50. The molecule has 0 aliphatic carbocycles. The first-order valence-corrected chi connectivity index (χ1v) is 9.07. The lowest BCUT2D eigenvalue weighted by atomic mass is 10.1. The lowest BCUT2D eigenvalue weighted by Gasteiger charge is -2.08. The highest BCUT2D eigenvalue weighted by atomic mass is 35.5. The van der Waals surface area contributed by atoms with Crippen LogP contribution in [0, 0.1) is 0 Å². The van der Waals surface area contributed by atoms with Gasteiger partial charge in [0, 0.05) is 29.2 Å². The normalized spacial score (nSPS) is 10.9. The summed E-state index contributed by atoms with van der Waals surface area (Å²) in [4.78, 5) is 21.0. The van der Waals surface area contributed by atoms with Crippen LogP contribution < -0.4 is 11.1 Å². The van der Waals surface area contributed by atoms with Crippen molar-refractivity contribution in [3.05, 3.63) is 83.0 Å². The van der Waals surface area contributed by atoms with Gasteiger partial charge < -0.3 is 15.5 Å². The van der Waals surface area contributed by atoms with Gasteiger partial charge in [-0.2, -0.15) is 0 Å². The molecular formula is C21H17ClN4O2. The second-order valence-corrected chi connectivity index (χ2v) is 6.77. The van der Waals surface area contributed by atoms with E-state index < -0.39 is 0 Å². The van der Waals surface area contributed by atoms with Gasteiger partial charge in [0.2, 0.25) is 5.78 Å². The van der Waals surface area contributed by atoms with Gasteiger partial charge in [0.15, 0.2) is 5.76 Å². The Morgan fingerprint density at radius 3 is 2.86 bits per heavy atom. The van der Waals surface area contributed by atoms with Gasteiger partial charge >= 0.3 is 0 Å². The quantitative estimate of drug-likeness (QED) is 0.469. The van der Waals surface area contributed by atoms with Crippen molar-refractivity contribution in [2.75, 3.05) is 11.1 Å². The number of pyridine rings is 2. The summed E-state index contributed by atoms with van der Waals surface area (Å²) in [6.07, 6.45) is 3.54. The largest absolute Gasteiger partial charge is 0.453 e. The van der Waals surface area contributed by atoms with Crippen LogP contribution in [0.15, 0.2) is 65.3 Å². The molecule has 4 aromatic rings. The van der Waals surface area contributed by atoms with Crippen molar-refractivity contribution in [3.63, 3.8) is 0 Å². The summed E-state index contributed by atoms with van der Waals surface area (Å²) in [6, 6.07) is 14.4. The third kappa shape index (κ3) is 3.97. The Morgan fingerprint density at radius 2 is 2.00 bits per heavy atom. The lowest BCUT2D eigenvalue weighted by Crippen LogP contribution is -2.07. The van der Waals surface area contributed by atoms with Crippen LogP contribution in [0.2, 0.25) is 5.02 Å². The van der Waals surface area contributed by atoms with Crippen molar-refractivity contribution in [3.8, 4) is 0 Å². The highest BCUT2D eigenvalue weighted by molar-refractivity contribution is 6.31. The van der Waals surface area contributed by atoms with Gasteiger partial charge in [-0.05, 0) is 54.1 Å². The van der Waals surface area contributed by atoms with Crippen molar-refractivity contribution in [2.45, 2.75) is 13.0 Å². The number of nitrogens with two attached hydrogens (primary N) is 1. The fraction of sp³-hybridized carbons (Fsp3) is 0.0952. The number of nitrogens with zero attached hydrogens (tertiary/aromatic N) is 2. The maximum absolute atomic E-state index is 12.6. The molecule has 0 radical (unpaired) electrons. The molecule has 0 amide bonds. The fourth-order valence-electron chi connectivity index (χ4n) is 2.91. The molecule has 140 valence electrons. The second-order valence-electron chi connectivity index (χ2n) is 6.34. The summed E-state index contributed by atoms with van der Waals surface area (Å²) >= 11 is 5.99. The SMILES string of the molecule is Nc1ncccc1NCc1cc(CC(=O)c2cc3cc(Cl)ccc3o2)ccn1. The topological polar surface area (TPSA) is 94.0 Å². The van der Waals surface area contributed by atoms with Gasteiger partial charge in [0.25, 0.3) is 0 Å². The van der Waals surface area contributed by atoms with E-state index in [4.69, 9.17) is 21.8 Å². The number of carbonyl (C=O) groups excluding carboxylic acids is 1. The number of anilines is 2. The van der Waals surface area contributed by atoms with Gasteiger partial charge in [-0.25, -0.2) is 4.98 Å². The highest BCUT2D eigenvalue weighted by Gasteiger charge is 2.14. The van der Waals surface area contributed by atoms with Crippen LogP contribution in [0.25, 0.3) is 11.0 Å². The number of hydrogen-bond donors (Lipinski definition) is 2. The lowest BCUT2D eigenvalue weighted by molar-refractivity contribution is 0.0968. The molecular weight excluding hydrogens is 376 g/mol. The average molecular weight is 393 g/mol. The van der Waals surface area contributed by atoms with Gasteiger partial charge in [-0.15, -0.1) is 0 Å². The first-order chi connectivity index (χ1) is 13.6. The number of halogens is 1. The standard InChI is InChI=1S/C21H17ClN4O2/c22-15-3-4-19-14(10-15)11-20(28-19)18(27)9-13-5-7-24-16(8-13)12-26-17-2-1-6-25-21(17)23/h1-8,10-11,26H,9,12H2,(H2,23,25). The minimum absolute atomic E-state index is 0.103. The number of hydrogen-bond acceptors (Lipinski definition) is 6. The van der Waals surface area contributed by atoms with E-state index in [-0.39, 0.29) is 12.2 Å². The molecule has 0 spiro atoms. The zero-order chi connectivity index (χ0) is 19.5. The first kappa shape index (κ1) is 18.0. The summed E-state index contributed by atoms with van der Waals surface area (Å²) in [5.41, 5.74) is 8.86. The van der Waals surface area contributed by atoms with Crippen LogP contribution in [0.1, 0.15) is 21.8 Å². The molecule has 0 aliphatic heterocycles. The molecule has 0 saturated heterocycles. The maximum atomic E-state index is 12.6. The molecule has 28 heavy (non-hydrogen) atoms. The number of benzene rings is 1. The molecule has 3 heterocycles. The number of fused-ring (bicyclic) bond motifs is 1. The maximum Gasteiger partial charge on any atom is 0.202 e. The Hall–Kier alpha value is -3.38. The van der Waals surface area contributed by atoms with Crippen LogP contribution >= 0.6 is 11.6 Å². The van der Waals surface area contributed by atoms with Crippen molar-refractivity contribution in [1.29, 1.82) is 0 Å². The van der Waals surface area contributed by atoms with E-state index in [1.165, 1.54) is 0 Å². The van der Waals surface area contributed by atoms with Gasteiger partial charge in [-0.1, -0.05) is 11.6 Å². The molecule has 3 aromatic heterocycles. The highest BCUT2D eigenvalue weighted by Crippen LogP contribution is 2.24. The summed E-state index contributed by atoms with van der Waals surface area (Å²) in [7, 11) is 0. The monoisotopic (exact) mass is 392 g/mol. The summed E-state index contributed by atoms with van der Waals surface area (Å²) in [6.45, 7) is 0.473. The van der Waals surface area contributed by atoms with E-state index in [1.807, 2.05) is 24.3 Å². The van der Waals surface area contributed by atoms with Gasteiger partial charge in [0.05, 0.1) is 17.9 Å². The molecule has 0 aliphatic rings. The predicted molar refractivity (Wildman–Crippen MR) is 109 cm³/mol. The Kier molecular flexibility index (Phi) is 4.95. The number of aromatic nitrogens is 2. The number of furan rings is 1. The van der Waals surface area contributed by atoms with Crippen LogP contribution in [0.5, 0.6) is 0 Å². The molecule has 6 nitrogen and oxygen atoms in total. The van der Waals surface area contributed by atoms with Crippen LogP contribution in [-0.4, -0.2) is 15.8 Å². The van der Waals surface area contributed by atoms with E-state index in [9.17, 15) is 4.79 Å². The molecule has 3 N–H and O–H groups in total. The Morgan fingerprint density at radius 1 is 1.11 bits per heavy atom. The van der Waals surface area contributed by atoms with E-state index in [1.54, 1.807) is 36.7 Å². The Labute approximate surface area is 166 Å². The van der Waals surface area contributed by atoms with Crippen molar-refractivity contribution < 1.29 is 9.21 Å².